The lowest BCUT2D eigenvalue weighted by atomic mass is 9.73. The molecule has 1 amide bonds. The minimum atomic E-state index is -0.197. The van der Waals surface area contributed by atoms with Crippen LogP contribution in [0.15, 0.2) is 88.1 Å². The van der Waals surface area contributed by atoms with Crippen molar-refractivity contribution in [2.24, 2.45) is 16.9 Å². The van der Waals surface area contributed by atoms with E-state index in [1.165, 1.54) is 6.08 Å². The van der Waals surface area contributed by atoms with E-state index in [0.717, 1.165) is 35.3 Å². The van der Waals surface area contributed by atoms with Crippen LogP contribution in [0, 0.1) is 11.8 Å². The number of hydrogen-bond acceptors (Lipinski definition) is 3. The smallest absolute Gasteiger partial charge is 0.267 e. The Morgan fingerprint density at radius 3 is 2.44 bits per heavy atom. The molecule has 1 fully saturated rings. The van der Waals surface area contributed by atoms with Crippen LogP contribution in [-0.4, -0.2) is 16.6 Å². The standard InChI is InChI=1S/C28H24Cl2N2O2/c1-18-15-21(17-19-4-8-22(29)9-5-19)27-25(16-18)28(20-6-10-23(30)11-7-20)32(31-27)26(33)13-12-24-3-2-14-34-24/h2-14,17-18,25,28H,15-16H2,1H3/b13-12+,21-17-. The fourth-order valence-corrected chi connectivity index (χ4v) is 5.09. The Balaban J connectivity index is 1.54. The highest BCUT2D eigenvalue weighted by Crippen LogP contribution is 2.46. The lowest BCUT2D eigenvalue weighted by Crippen LogP contribution is -2.32. The van der Waals surface area contributed by atoms with Gasteiger partial charge in [0.25, 0.3) is 5.91 Å². The third-order valence-corrected chi connectivity index (χ3v) is 6.85. The van der Waals surface area contributed by atoms with Crippen LogP contribution in [0.2, 0.25) is 10.0 Å². The van der Waals surface area contributed by atoms with Gasteiger partial charge in [-0.25, -0.2) is 5.01 Å². The topological polar surface area (TPSA) is 45.8 Å². The summed E-state index contributed by atoms with van der Waals surface area (Å²) in [5.41, 5.74) is 4.23. The van der Waals surface area contributed by atoms with Crippen LogP contribution >= 0.6 is 23.2 Å². The van der Waals surface area contributed by atoms with Crippen molar-refractivity contribution in [2.45, 2.75) is 25.8 Å². The van der Waals surface area contributed by atoms with Gasteiger partial charge in [-0.3, -0.25) is 4.79 Å². The molecule has 3 aromatic rings. The second kappa shape index (κ2) is 9.65. The van der Waals surface area contributed by atoms with Crippen LogP contribution < -0.4 is 0 Å². The normalized spacial score (nSPS) is 23.4. The molecule has 0 bridgehead atoms. The maximum atomic E-state index is 13.3. The highest BCUT2D eigenvalue weighted by atomic mass is 35.5. The predicted molar refractivity (Wildman–Crippen MR) is 138 cm³/mol. The lowest BCUT2D eigenvalue weighted by Gasteiger charge is -2.32. The SMILES string of the molecule is CC1C/C(=C/c2ccc(Cl)cc2)C2=NN(C(=O)/C=C/c3ccco3)C(c3ccc(Cl)cc3)C2C1. The Bertz CT molecular complexity index is 1260. The minimum Gasteiger partial charge on any atom is -0.465 e. The van der Waals surface area contributed by atoms with Gasteiger partial charge in [0.2, 0.25) is 0 Å². The highest BCUT2D eigenvalue weighted by Gasteiger charge is 2.44. The lowest BCUT2D eigenvalue weighted by molar-refractivity contribution is -0.128. The molecule has 1 aliphatic heterocycles. The summed E-state index contributed by atoms with van der Waals surface area (Å²) >= 11 is 12.2. The van der Waals surface area contributed by atoms with E-state index in [9.17, 15) is 4.79 Å². The van der Waals surface area contributed by atoms with E-state index in [-0.39, 0.29) is 17.9 Å². The van der Waals surface area contributed by atoms with Gasteiger partial charge in [0.15, 0.2) is 0 Å². The number of benzene rings is 2. The van der Waals surface area contributed by atoms with Crippen LogP contribution in [-0.2, 0) is 4.79 Å². The number of carbonyl (C=O) groups is 1. The number of furan rings is 1. The third-order valence-electron chi connectivity index (χ3n) is 6.35. The number of hydrazone groups is 1. The number of allylic oxidation sites excluding steroid dienone is 1. The minimum absolute atomic E-state index is 0.101. The van der Waals surface area contributed by atoms with Gasteiger partial charge in [-0.1, -0.05) is 54.4 Å². The molecule has 1 aromatic heterocycles. The molecule has 3 unspecified atom stereocenters. The summed E-state index contributed by atoms with van der Waals surface area (Å²) in [7, 11) is 0. The van der Waals surface area contributed by atoms with Gasteiger partial charge in [-0.15, -0.1) is 0 Å². The second-order valence-corrected chi connectivity index (χ2v) is 9.76. The van der Waals surface area contributed by atoms with Gasteiger partial charge in [-0.2, -0.15) is 5.10 Å². The maximum absolute atomic E-state index is 13.3. The first-order valence-electron chi connectivity index (χ1n) is 11.3. The molecule has 1 saturated carbocycles. The van der Waals surface area contributed by atoms with Crippen LogP contribution in [0.5, 0.6) is 0 Å². The zero-order chi connectivity index (χ0) is 23.7. The van der Waals surface area contributed by atoms with E-state index in [2.05, 4.69) is 13.0 Å². The van der Waals surface area contributed by atoms with E-state index < -0.39 is 0 Å². The molecule has 2 aliphatic rings. The van der Waals surface area contributed by atoms with Gasteiger partial charge < -0.3 is 4.42 Å². The van der Waals surface area contributed by atoms with Crippen molar-refractivity contribution in [1.82, 2.24) is 5.01 Å². The molecule has 172 valence electrons. The number of fused-ring (bicyclic) bond motifs is 1. The molecular weight excluding hydrogens is 467 g/mol. The molecule has 34 heavy (non-hydrogen) atoms. The monoisotopic (exact) mass is 490 g/mol. The molecule has 1 aliphatic carbocycles. The molecule has 0 spiro atoms. The fraction of sp³-hybridized carbons (Fsp3) is 0.214. The van der Waals surface area contributed by atoms with Crippen molar-refractivity contribution in [1.29, 1.82) is 0 Å². The molecule has 0 radical (unpaired) electrons. The van der Waals surface area contributed by atoms with Crippen molar-refractivity contribution in [3.8, 4) is 0 Å². The third kappa shape index (κ3) is 4.75. The van der Waals surface area contributed by atoms with Gasteiger partial charge in [-0.05, 0) is 84.0 Å². The number of amides is 1. The van der Waals surface area contributed by atoms with Crippen LogP contribution in [0.4, 0.5) is 0 Å². The van der Waals surface area contributed by atoms with Crippen LogP contribution in [0.25, 0.3) is 12.2 Å². The summed E-state index contributed by atoms with van der Waals surface area (Å²) in [5.74, 6) is 1.00. The number of halogens is 2. The van der Waals surface area contributed by atoms with E-state index in [1.807, 2.05) is 54.6 Å². The quantitative estimate of drug-likeness (QED) is 0.352. The van der Waals surface area contributed by atoms with E-state index >= 15 is 0 Å². The van der Waals surface area contributed by atoms with Crippen molar-refractivity contribution < 1.29 is 9.21 Å². The fourth-order valence-electron chi connectivity index (χ4n) is 4.84. The Morgan fingerprint density at radius 1 is 1.06 bits per heavy atom. The van der Waals surface area contributed by atoms with E-state index in [0.29, 0.717) is 21.7 Å². The Hall–Kier alpha value is -3.08. The Morgan fingerprint density at radius 2 is 1.76 bits per heavy atom. The van der Waals surface area contributed by atoms with Gasteiger partial charge in [0.1, 0.15) is 5.76 Å². The number of rotatable bonds is 4. The highest BCUT2D eigenvalue weighted by molar-refractivity contribution is 6.30. The van der Waals surface area contributed by atoms with Crippen molar-refractivity contribution in [2.75, 3.05) is 0 Å². The van der Waals surface area contributed by atoms with Gasteiger partial charge in [0, 0.05) is 22.0 Å². The molecule has 5 rings (SSSR count). The summed E-state index contributed by atoms with van der Waals surface area (Å²) in [4.78, 5) is 13.3. The van der Waals surface area contributed by atoms with Crippen LogP contribution in [0.3, 0.4) is 0 Å². The Labute approximate surface area is 209 Å². The number of hydrogen-bond donors (Lipinski definition) is 0. The number of nitrogens with zero attached hydrogens (tertiary/aromatic N) is 2. The largest absolute Gasteiger partial charge is 0.465 e. The predicted octanol–water partition coefficient (Wildman–Crippen LogP) is 7.67. The van der Waals surface area contributed by atoms with Crippen molar-refractivity contribution >= 4 is 47.0 Å². The molecular formula is C28H24Cl2N2O2. The van der Waals surface area contributed by atoms with Crippen LogP contribution in [0.1, 0.15) is 42.7 Å². The zero-order valence-electron chi connectivity index (χ0n) is 18.7. The maximum Gasteiger partial charge on any atom is 0.267 e. The molecule has 6 heteroatoms. The van der Waals surface area contributed by atoms with Gasteiger partial charge >= 0.3 is 0 Å². The molecule has 0 N–H and O–H groups in total. The van der Waals surface area contributed by atoms with Gasteiger partial charge in [0.05, 0.1) is 18.0 Å². The summed E-state index contributed by atoms with van der Waals surface area (Å²) in [6, 6.07) is 18.9. The summed E-state index contributed by atoms with van der Waals surface area (Å²) in [5, 5.41) is 7.90. The van der Waals surface area contributed by atoms with Crippen molar-refractivity contribution in [3.63, 3.8) is 0 Å². The Kier molecular flexibility index (Phi) is 6.44. The zero-order valence-corrected chi connectivity index (χ0v) is 20.2. The summed E-state index contributed by atoms with van der Waals surface area (Å²) in [6.45, 7) is 2.26. The average Bonchev–Trinajstić information content (AvgIpc) is 3.48. The second-order valence-electron chi connectivity index (χ2n) is 8.89. The van der Waals surface area contributed by atoms with E-state index in [4.69, 9.17) is 32.7 Å². The summed E-state index contributed by atoms with van der Waals surface area (Å²) in [6.07, 6.45) is 8.82. The molecule has 3 atom stereocenters. The first-order valence-corrected chi connectivity index (χ1v) is 12.1. The first-order chi connectivity index (χ1) is 16.5. The average molecular weight is 491 g/mol. The number of carbonyl (C=O) groups excluding carboxylic acids is 1. The molecule has 2 heterocycles. The molecule has 0 saturated heterocycles. The van der Waals surface area contributed by atoms with Crippen molar-refractivity contribution in [3.05, 3.63) is 106 Å². The van der Waals surface area contributed by atoms with E-state index in [1.54, 1.807) is 23.4 Å². The summed E-state index contributed by atoms with van der Waals surface area (Å²) < 4.78 is 5.35. The first kappa shape index (κ1) is 22.7. The molecule has 2 aromatic carbocycles. The molecule has 4 nitrogen and oxygen atoms in total.